The highest BCUT2D eigenvalue weighted by Gasteiger charge is 2.31. The fraction of sp³-hybridized carbons (Fsp3) is 0.543. The third kappa shape index (κ3) is 10.9. The van der Waals surface area contributed by atoms with Crippen LogP contribution in [-0.4, -0.2) is 24.6 Å². The van der Waals surface area contributed by atoms with Gasteiger partial charge in [0.05, 0.1) is 6.10 Å². The van der Waals surface area contributed by atoms with E-state index in [0.717, 1.165) is 49.7 Å². The number of rotatable bonds is 16. The Balaban J connectivity index is 1.39. The Morgan fingerprint density at radius 3 is 1.95 bits per heavy atom. The maximum Gasteiger partial charge on any atom is 0.337 e. The molecule has 0 bridgehead atoms. The van der Waals surface area contributed by atoms with Crippen molar-refractivity contribution in [2.24, 2.45) is 17.8 Å². The van der Waals surface area contributed by atoms with Gasteiger partial charge in [0.2, 0.25) is 0 Å². The monoisotopic (exact) mass is 548 g/mol. The maximum atomic E-state index is 12.4. The van der Waals surface area contributed by atoms with Gasteiger partial charge in [0.15, 0.2) is 0 Å². The van der Waals surface area contributed by atoms with Crippen LogP contribution in [0.5, 0.6) is 11.5 Å². The van der Waals surface area contributed by atoms with Crippen LogP contribution in [0.3, 0.4) is 0 Å². The molecule has 3 atom stereocenters. The van der Waals surface area contributed by atoms with E-state index in [1.807, 2.05) is 42.5 Å². The Bertz CT molecular complexity index is 1040. The lowest BCUT2D eigenvalue weighted by Gasteiger charge is -2.36. The predicted molar refractivity (Wildman–Crippen MR) is 161 cm³/mol. The zero-order valence-electron chi connectivity index (χ0n) is 24.7. The molecule has 218 valence electrons. The first kappa shape index (κ1) is 31.6. The van der Waals surface area contributed by atoms with Crippen LogP contribution in [0.1, 0.15) is 91.4 Å². The van der Waals surface area contributed by atoms with Crippen molar-refractivity contribution >= 4 is 11.9 Å². The fourth-order valence-corrected chi connectivity index (χ4v) is 5.52. The van der Waals surface area contributed by atoms with Crippen LogP contribution in [0.25, 0.3) is 11.1 Å². The number of allylic oxidation sites excluding steroid dienone is 1. The highest BCUT2D eigenvalue weighted by atomic mass is 16.6. The van der Waals surface area contributed by atoms with E-state index in [1.165, 1.54) is 25.7 Å². The van der Waals surface area contributed by atoms with E-state index in [1.54, 1.807) is 12.1 Å². The zero-order chi connectivity index (χ0) is 28.7. The Kier molecular flexibility index (Phi) is 13.4. The molecule has 0 radical (unpaired) electrons. The fourth-order valence-electron chi connectivity index (χ4n) is 5.52. The van der Waals surface area contributed by atoms with Crippen molar-refractivity contribution < 1.29 is 23.8 Å². The Labute approximate surface area is 241 Å². The maximum absolute atomic E-state index is 12.4. The summed E-state index contributed by atoms with van der Waals surface area (Å²) in [5, 5.41) is 0. The molecule has 0 aliphatic heterocycles. The van der Waals surface area contributed by atoms with Crippen LogP contribution >= 0.6 is 0 Å². The molecule has 0 aromatic heterocycles. The Hall–Kier alpha value is -2.92. The minimum atomic E-state index is -0.372. The van der Waals surface area contributed by atoms with Crippen molar-refractivity contribution in [1.29, 1.82) is 0 Å². The third-order valence-electron chi connectivity index (χ3n) is 7.92. The second-order valence-electron chi connectivity index (χ2n) is 11.6. The van der Waals surface area contributed by atoms with Gasteiger partial charge >= 0.3 is 11.9 Å². The summed E-state index contributed by atoms with van der Waals surface area (Å²) >= 11 is 0. The van der Waals surface area contributed by atoms with E-state index in [2.05, 4.69) is 27.4 Å². The summed E-state index contributed by atoms with van der Waals surface area (Å²) in [6.45, 7) is 10.4. The minimum absolute atomic E-state index is 0.0291. The lowest BCUT2D eigenvalue weighted by Crippen LogP contribution is -2.36. The van der Waals surface area contributed by atoms with E-state index >= 15 is 0 Å². The molecular formula is C35H48O5. The largest absolute Gasteiger partial charge is 0.427 e. The normalized spacial score (nSPS) is 18.9. The molecule has 3 rings (SSSR count). The van der Waals surface area contributed by atoms with Crippen LogP contribution in [0.4, 0.5) is 0 Å². The Morgan fingerprint density at radius 2 is 1.38 bits per heavy atom. The summed E-state index contributed by atoms with van der Waals surface area (Å²) in [4.78, 5) is 24.6. The third-order valence-corrected chi connectivity index (χ3v) is 7.92. The number of benzene rings is 2. The topological polar surface area (TPSA) is 61.8 Å². The van der Waals surface area contributed by atoms with Crippen LogP contribution < -0.4 is 9.47 Å². The van der Waals surface area contributed by atoms with Crippen LogP contribution in [0.15, 0.2) is 61.2 Å². The van der Waals surface area contributed by atoms with Crippen molar-refractivity contribution in [3.8, 4) is 22.6 Å². The van der Waals surface area contributed by atoms with Gasteiger partial charge in [-0.3, -0.25) is 4.79 Å². The highest BCUT2D eigenvalue weighted by Crippen LogP contribution is 2.35. The number of carbonyl (C=O) groups is 2. The van der Waals surface area contributed by atoms with Crippen molar-refractivity contribution in [2.45, 2.75) is 97.5 Å². The average molecular weight is 549 g/mol. The van der Waals surface area contributed by atoms with Crippen LogP contribution in [-0.2, 0) is 14.3 Å². The van der Waals surface area contributed by atoms with Crippen molar-refractivity contribution in [3.63, 3.8) is 0 Å². The zero-order valence-corrected chi connectivity index (χ0v) is 24.7. The summed E-state index contributed by atoms with van der Waals surface area (Å²) in [7, 11) is 0. The smallest absolute Gasteiger partial charge is 0.337 e. The van der Waals surface area contributed by atoms with Gasteiger partial charge in [-0.15, -0.1) is 6.58 Å². The SMILES string of the molecule is C=CCCCCCCCCC(=O)Oc1ccc(-c2ccc(OC(=O)COC3CC(C)CCC3C(C)C)cc2)cc1. The summed E-state index contributed by atoms with van der Waals surface area (Å²) in [5.74, 6) is 2.15. The molecule has 1 fully saturated rings. The first-order valence-electron chi connectivity index (χ1n) is 15.2. The van der Waals surface area contributed by atoms with Crippen LogP contribution in [0, 0.1) is 17.8 Å². The number of hydrogen-bond donors (Lipinski definition) is 0. The van der Waals surface area contributed by atoms with Crippen molar-refractivity contribution in [3.05, 3.63) is 61.2 Å². The van der Waals surface area contributed by atoms with E-state index in [9.17, 15) is 9.59 Å². The van der Waals surface area contributed by atoms with Gasteiger partial charge in [0.25, 0.3) is 0 Å². The lowest BCUT2D eigenvalue weighted by molar-refractivity contribution is -0.145. The van der Waals surface area contributed by atoms with E-state index < -0.39 is 0 Å². The molecule has 3 unspecified atom stereocenters. The van der Waals surface area contributed by atoms with Crippen molar-refractivity contribution in [2.75, 3.05) is 6.61 Å². The molecule has 0 amide bonds. The lowest BCUT2D eigenvalue weighted by atomic mass is 9.75. The number of ether oxygens (including phenoxy) is 3. The van der Waals surface area contributed by atoms with E-state index in [4.69, 9.17) is 14.2 Å². The molecule has 2 aromatic rings. The standard InChI is InChI=1S/C35H48O5/c1-5-6-7-8-9-10-11-12-13-34(36)39-30-19-15-28(16-20-30)29-17-21-31(22-18-29)40-35(37)25-38-33-24-27(4)14-23-32(33)26(2)3/h5,15-22,26-27,32-33H,1,6-14,23-25H2,2-4H3. The number of carbonyl (C=O) groups excluding carboxylic acids is 2. The van der Waals surface area contributed by atoms with Gasteiger partial charge in [0, 0.05) is 6.42 Å². The van der Waals surface area contributed by atoms with Gasteiger partial charge in [-0.2, -0.15) is 0 Å². The highest BCUT2D eigenvalue weighted by molar-refractivity contribution is 5.74. The molecule has 0 N–H and O–H groups in total. The molecule has 1 saturated carbocycles. The van der Waals surface area contributed by atoms with Gasteiger partial charge in [0.1, 0.15) is 18.1 Å². The molecule has 1 aliphatic carbocycles. The first-order chi connectivity index (χ1) is 19.4. The van der Waals surface area contributed by atoms with Gasteiger partial charge < -0.3 is 14.2 Å². The second-order valence-corrected chi connectivity index (χ2v) is 11.6. The summed E-state index contributed by atoms with van der Waals surface area (Å²) < 4.78 is 17.1. The molecule has 5 nitrogen and oxygen atoms in total. The molecular weight excluding hydrogens is 500 g/mol. The average Bonchev–Trinajstić information content (AvgIpc) is 2.94. The van der Waals surface area contributed by atoms with Crippen LogP contribution in [0.2, 0.25) is 0 Å². The quantitative estimate of drug-likeness (QED) is 0.0907. The summed E-state index contributed by atoms with van der Waals surface area (Å²) in [6.07, 6.45) is 13.7. The minimum Gasteiger partial charge on any atom is -0.427 e. The van der Waals surface area contributed by atoms with Gasteiger partial charge in [-0.05, 0) is 85.3 Å². The van der Waals surface area contributed by atoms with E-state index in [0.29, 0.717) is 35.7 Å². The number of hydrogen-bond acceptors (Lipinski definition) is 5. The molecule has 1 aliphatic rings. The predicted octanol–water partition coefficient (Wildman–Crippen LogP) is 8.95. The number of esters is 2. The second kappa shape index (κ2) is 17.0. The van der Waals surface area contributed by atoms with E-state index in [-0.39, 0.29) is 24.6 Å². The Morgan fingerprint density at radius 1 is 0.825 bits per heavy atom. The summed E-state index contributed by atoms with van der Waals surface area (Å²) in [5.41, 5.74) is 1.97. The molecule has 0 saturated heterocycles. The van der Waals surface area contributed by atoms with Crippen molar-refractivity contribution in [1.82, 2.24) is 0 Å². The first-order valence-corrected chi connectivity index (χ1v) is 15.2. The molecule has 2 aromatic carbocycles. The molecule has 40 heavy (non-hydrogen) atoms. The molecule has 5 heteroatoms. The molecule has 0 heterocycles. The van der Waals surface area contributed by atoms with Gasteiger partial charge in [-0.1, -0.05) is 83.2 Å². The number of unbranched alkanes of at least 4 members (excludes halogenated alkanes) is 6. The molecule has 0 spiro atoms. The summed E-state index contributed by atoms with van der Waals surface area (Å²) in [6, 6.07) is 14.9. The van der Waals surface area contributed by atoms with Gasteiger partial charge in [-0.25, -0.2) is 4.79 Å².